The van der Waals surface area contributed by atoms with Gasteiger partial charge in [-0.15, -0.1) is 0 Å². The first-order chi connectivity index (χ1) is 10.4. The first kappa shape index (κ1) is 16.0. The summed E-state index contributed by atoms with van der Waals surface area (Å²) in [6, 6.07) is 10.00. The smallest absolute Gasteiger partial charge is 0.283 e. The van der Waals surface area contributed by atoms with Crippen LogP contribution < -0.4 is 0 Å². The van der Waals surface area contributed by atoms with Crippen LogP contribution in [0.4, 0.5) is 10.1 Å². The van der Waals surface area contributed by atoms with E-state index in [1.165, 1.54) is 4.90 Å². The average Bonchev–Trinajstić information content (AvgIpc) is 2.46. The van der Waals surface area contributed by atoms with Crippen molar-refractivity contribution in [1.29, 1.82) is 0 Å². The van der Waals surface area contributed by atoms with Gasteiger partial charge in [-0.1, -0.05) is 23.9 Å². The lowest BCUT2D eigenvalue weighted by Gasteiger charge is -2.13. The van der Waals surface area contributed by atoms with Crippen LogP contribution in [0.25, 0.3) is 0 Å². The Hall–Kier alpha value is -2.41. The minimum Gasteiger partial charge on any atom is -0.345 e. The van der Waals surface area contributed by atoms with Crippen LogP contribution in [0.1, 0.15) is 10.4 Å². The number of nitrogens with zero attached hydrogens (tertiary/aromatic N) is 2. The summed E-state index contributed by atoms with van der Waals surface area (Å²) in [7, 11) is 3.24. The highest BCUT2D eigenvalue weighted by Crippen LogP contribution is 2.37. The summed E-state index contributed by atoms with van der Waals surface area (Å²) in [6.45, 7) is 0. The molecule has 2 rings (SSSR count). The molecule has 0 saturated heterocycles. The average molecular weight is 320 g/mol. The Kier molecular flexibility index (Phi) is 4.77. The monoisotopic (exact) mass is 320 g/mol. The molecule has 22 heavy (non-hydrogen) atoms. The van der Waals surface area contributed by atoms with Gasteiger partial charge in [0.15, 0.2) is 0 Å². The van der Waals surface area contributed by atoms with Gasteiger partial charge in [-0.25, -0.2) is 4.39 Å². The number of nitro groups is 1. The molecule has 0 spiro atoms. The lowest BCUT2D eigenvalue weighted by atomic mass is 10.2. The largest absolute Gasteiger partial charge is 0.345 e. The summed E-state index contributed by atoms with van der Waals surface area (Å²) >= 11 is 1.000. The predicted octanol–water partition coefficient (Wildman–Crippen LogP) is 3.59. The van der Waals surface area contributed by atoms with E-state index in [1.807, 2.05) is 0 Å². The van der Waals surface area contributed by atoms with Crippen molar-refractivity contribution in [2.24, 2.45) is 0 Å². The van der Waals surface area contributed by atoms with E-state index >= 15 is 0 Å². The molecule has 114 valence electrons. The standard InChI is InChI=1S/C15H13FN2O3S/c1-17(2)15(19)11-5-3-4-6-13(11)22-14-9-10(16)7-8-12(14)18(20)21/h3-9H,1-2H3. The molecule has 1 amide bonds. The second-order valence-corrected chi connectivity index (χ2v) is 5.75. The number of hydrogen-bond donors (Lipinski definition) is 0. The molecular formula is C15H13FN2O3S. The van der Waals surface area contributed by atoms with Crippen molar-refractivity contribution in [3.05, 3.63) is 64.0 Å². The number of amides is 1. The van der Waals surface area contributed by atoms with Crippen molar-refractivity contribution < 1.29 is 14.1 Å². The fraction of sp³-hybridized carbons (Fsp3) is 0.133. The quantitative estimate of drug-likeness (QED) is 0.638. The number of halogens is 1. The highest BCUT2D eigenvalue weighted by atomic mass is 32.2. The van der Waals surface area contributed by atoms with Crippen molar-refractivity contribution >= 4 is 23.4 Å². The van der Waals surface area contributed by atoms with Crippen LogP contribution >= 0.6 is 11.8 Å². The Labute approximate surface area is 130 Å². The molecule has 0 N–H and O–H groups in total. The SMILES string of the molecule is CN(C)C(=O)c1ccccc1Sc1cc(F)ccc1[N+](=O)[O-]. The van der Waals surface area contributed by atoms with Gasteiger partial charge in [0.25, 0.3) is 11.6 Å². The summed E-state index contributed by atoms with van der Waals surface area (Å²) in [6.07, 6.45) is 0. The second-order valence-electron chi connectivity index (χ2n) is 4.67. The maximum Gasteiger partial charge on any atom is 0.283 e. The molecule has 0 aliphatic heterocycles. The Morgan fingerprint density at radius 3 is 2.50 bits per heavy atom. The first-order valence-corrected chi connectivity index (χ1v) is 7.14. The van der Waals surface area contributed by atoms with Crippen molar-refractivity contribution in [2.45, 2.75) is 9.79 Å². The van der Waals surface area contributed by atoms with E-state index in [4.69, 9.17) is 0 Å². The Bertz CT molecular complexity index is 734. The third kappa shape index (κ3) is 3.43. The van der Waals surface area contributed by atoms with E-state index in [2.05, 4.69) is 0 Å². The Morgan fingerprint density at radius 2 is 1.86 bits per heavy atom. The highest BCUT2D eigenvalue weighted by Gasteiger charge is 2.19. The van der Waals surface area contributed by atoms with Gasteiger partial charge in [0.05, 0.1) is 15.4 Å². The maximum absolute atomic E-state index is 13.4. The molecule has 2 aromatic rings. The zero-order valence-electron chi connectivity index (χ0n) is 11.9. The molecule has 0 saturated carbocycles. The minimum atomic E-state index is -0.571. The molecule has 0 aliphatic carbocycles. The lowest BCUT2D eigenvalue weighted by Crippen LogP contribution is -2.22. The van der Waals surface area contributed by atoms with Gasteiger partial charge < -0.3 is 4.90 Å². The van der Waals surface area contributed by atoms with Gasteiger partial charge in [0.1, 0.15) is 5.82 Å². The second kappa shape index (κ2) is 6.57. The third-order valence-corrected chi connectivity index (χ3v) is 3.98. The normalized spacial score (nSPS) is 10.3. The first-order valence-electron chi connectivity index (χ1n) is 6.32. The summed E-state index contributed by atoms with van der Waals surface area (Å²) in [4.78, 5) is 24.7. The Morgan fingerprint density at radius 1 is 1.18 bits per heavy atom. The molecule has 0 bridgehead atoms. The molecule has 0 aliphatic rings. The van der Waals surface area contributed by atoms with Gasteiger partial charge in [-0.2, -0.15) is 0 Å². The van der Waals surface area contributed by atoms with Crippen LogP contribution in [-0.4, -0.2) is 29.8 Å². The van der Waals surface area contributed by atoms with Crippen molar-refractivity contribution in [3.8, 4) is 0 Å². The number of carbonyl (C=O) groups excluding carboxylic acids is 1. The number of benzene rings is 2. The molecule has 0 aromatic heterocycles. The van der Waals surface area contributed by atoms with Crippen LogP contribution in [0.15, 0.2) is 52.3 Å². The molecule has 0 fully saturated rings. The molecule has 0 unspecified atom stereocenters. The topological polar surface area (TPSA) is 63.5 Å². The van der Waals surface area contributed by atoms with E-state index in [0.29, 0.717) is 10.5 Å². The molecule has 0 radical (unpaired) electrons. The van der Waals surface area contributed by atoms with E-state index < -0.39 is 10.7 Å². The zero-order chi connectivity index (χ0) is 16.3. The fourth-order valence-electron chi connectivity index (χ4n) is 1.81. The number of hydrogen-bond acceptors (Lipinski definition) is 4. The molecule has 0 heterocycles. The molecule has 0 atom stereocenters. The van der Waals surface area contributed by atoms with Crippen molar-refractivity contribution in [2.75, 3.05) is 14.1 Å². The molecule has 2 aromatic carbocycles. The third-order valence-electron chi connectivity index (χ3n) is 2.86. The molecule has 7 heteroatoms. The summed E-state index contributed by atoms with van der Waals surface area (Å²) in [5.74, 6) is -0.785. The number of rotatable bonds is 4. The Balaban J connectivity index is 2.46. The van der Waals surface area contributed by atoms with Gasteiger partial charge in [0.2, 0.25) is 0 Å². The van der Waals surface area contributed by atoms with Gasteiger partial charge in [0, 0.05) is 25.1 Å². The molecular weight excluding hydrogens is 307 g/mol. The van der Waals surface area contributed by atoms with Gasteiger partial charge in [-0.05, 0) is 24.3 Å². The minimum absolute atomic E-state index is 0.156. The van der Waals surface area contributed by atoms with E-state index in [9.17, 15) is 19.3 Å². The number of carbonyl (C=O) groups is 1. The van der Waals surface area contributed by atoms with Crippen molar-refractivity contribution in [3.63, 3.8) is 0 Å². The summed E-state index contributed by atoms with van der Waals surface area (Å²) in [5, 5.41) is 11.0. The van der Waals surface area contributed by atoms with E-state index in [-0.39, 0.29) is 16.5 Å². The highest BCUT2D eigenvalue weighted by molar-refractivity contribution is 7.99. The summed E-state index contributed by atoms with van der Waals surface area (Å²) in [5.41, 5.74) is 0.217. The van der Waals surface area contributed by atoms with E-state index in [1.54, 1.807) is 38.4 Å². The zero-order valence-corrected chi connectivity index (χ0v) is 12.8. The van der Waals surface area contributed by atoms with Crippen LogP contribution in [-0.2, 0) is 0 Å². The lowest BCUT2D eigenvalue weighted by molar-refractivity contribution is -0.387. The van der Waals surface area contributed by atoms with E-state index in [0.717, 1.165) is 30.0 Å². The van der Waals surface area contributed by atoms with Crippen LogP contribution in [0.5, 0.6) is 0 Å². The van der Waals surface area contributed by atoms with Gasteiger partial charge >= 0.3 is 0 Å². The fourth-order valence-corrected chi connectivity index (χ4v) is 2.88. The van der Waals surface area contributed by atoms with Crippen LogP contribution in [0, 0.1) is 15.9 Å². The van der Waals surface area contributed by atoms with Crippen LogP contribution in [0.2, 0.25) is 0 Å². The van der Waals surface area contributed by atoms with Crippen LogP contribution in [0.3, 0.4) is 0 Å². The van der Waals surface area contributed by atoms with Gasteiger partial charge in [-0.3, -0.25) is 14.9 Å². The number of nitro benzene ring substituents is 1. The predicted molar refractivity (Wildman–Crippen MR) is 81.6 cm³/mol. The maximum atomic E-state index is 13.4. The molecule has 5 nitrogen and oxygen atoms in total. The van der Waals surface area contributed by atoms with Crippen molar-refractivity contribution in [1.82, 2.24) is 4.90 Å². The summed E-state index contributed by atoms with van der Waals surface area (Å²) < 4.78 is 13.4.